The van der Waals surface area contributed by atoms with E-state index in [1.54, 1.807) is 25.3 Å². The lowest BCUT2D eigenvalue weighted by molar-refractivity contribution is 0.0526. The van der Waals surface area contributed by atoms with Crippen molar-refractivity contribution in [2.75, 3.05) is 6.61 Å². The maximum absolute atomic E-state index is 11.5. The molecule has 0 saturated heterocycles. The van der Waals surface area contributed by atoms with Crippen LogP contribution in [0.5, 0.6) is 0 Å². The lowest BCUT2D eigenvalue weighted by Crippen LogP contribution is -2.02. The minimum atomic E-state index is -0.322. The Bertz CT molecular complexity index is 534. The van der Waals surface area contributed by atoms with Crippen molar-refractivity contribution in [3.05, 3.63) is 47.1 Å². The number of H-pyrrole nitrogens is 1. The highest BCUT2D eigenvalue weighted by atomic mass is 35.5. The van der Waals surface area contributed by atoms with E-state index in [1.807, 2.05) is 18.2 Å². The van der Waals surface area contributed by atoms with Gasteiger partial charge in [0.25, 0.3) is 0 Å². The third kappa shape index (κ3) is 2.68. The second-order valence-electron chi connectivity index (χ2n) is 3.53. The summed E-state index contributed by atoms with van der Waals surface area (Å²) in [5.41, 5.74) is 2.30. The molecule has 88 valence electrons. The number of aromatic nitrogens is 1. The number of aromatic amines is 1. The number of hydrogen-bond acceptors (Lipinski definition) is 2. The number of halogens is 1. The molecule has 0 radical (unpaired) electrons. The van der Waals surface area contributed by atoms with E-state index in [0.717, 1.165) is 11.3 Å². The van der Waals surface area contributed by atoms with E-state index in [9.17, 15) is 4.79 Å². The average Bonchev–Trinajstić information content (AvgIpc) is 2.78. The topological polar surface area (TPSA) is 42.1 Å². The van der Waals surface area contributed by atoms with Crippen LogP contribution in [0.1, 0.15) is 17.3 Å². The molecule has 0 bridgehead atoms. The van der Waals surface area contributed by atoms with Crippen LogP contribution in [0.2, 0.25) is 5.02 Å². The molecule has 4 heteroatoms. The summed E-state index contributed by atoms with van der Waals surface area (Å²) in [6.07, 6.45) is 1.63. The second-order valence-corrected chi connectivity index (χ2v) is 3.97. The van der Waals surface area contributed by atoms with Crippen molar-refractivity contribution in [1.82, 2.24) is 4.98 Å². The number of benzene rings is 1. The van der Waals surface area contributed by atoms with Gasteiger partial charge in [-0.25, -0.2) is 4.79 Å². The van der Waals surface area contributed by atoms with Crippen molar-refractivity contribution >= 4 is 17.6 Å². The average molecular weight is 250 g/mol. The Hall–Kier alpha value is -1.74. The van der Waals surface area contributed by atoms with Crippen LogP contribution in [0.4, 0.5) is 0 Å². The molecule has 0 aliphatic carbocycles. The van der Waals surface area contributed by atoms with E-state index in [0.29, 0.717) is 17.2 Å². The van der Waals surface area contributed by atoms with E-state index in [4.69, 9.17) is 16.3 Å². The van der Waals surface area contributed by atoms with Gasteiger partial charge in [-0.1, -0.05) is 23.7 Å². The summed E-state index contributed by atoms with van der Waals surface area (Å²) in [5, 5.41) is 0.662. The smallest absolute Gasteiger partial charge is 0.339 e. The van der Waals surface area contributed by atoms with Crippen LogP contribution in [0, 0.1) is 0 Å². The molecular formula is C13H12ClNO2. The van der Waals surface area contributed by atoms with E-state index in [2.05, 4.69) is 4.98 Å². The quantitative estimate of drug-likeness (QED) is 0.846. The van der Waals surface area contributed by atoms with Gasteiger partial charge in [-0.15, -0.1) is 0 Å². The molecule has 0 unspecified atom stereocenters. The zero-order valence-electron chi connectivity index (χ0n) is 9.37. The third-order valence-corrected chi connectivity index (χ3v) is 2.56. The maximum atomic E-state index is 11.5. The van der Waals surface area contributed by atoms with Gasteiger partial charge in [0.1, 0.15) is 0 Å². The molecule has 3 nitrogen and oxygen atoms in total. The van der Waals surface area contributed by atoms with E-state index in [1.165, 1.54) is 0 Å². The molecule has 0 spiro atoms. The summed E-state index contributed by atoms with van der Waals surface area (Å²) in [4.78, 5) is 14.5. The van der Waals surface area contributed by atoms with Gasteiger partial charge in [0.2, 0.25) is 0 Å². The molecule has 0 atom stereocenters. The first-order chi connectivity index (χ1) is 8.20. The fraction of sp³-hybridized carbons (Fsp3) is 0.154. The largest absolute Gasteiger partial charge is 0.462 e. The van der Waals surface area contributed by atoms with Crippen molar-refractivity contribution < 1.29 is 9.53 Å². The van der Waals surface area contributed by atoms with Gasteiger partial charge in [-0.3, -0.25) is 0 Å². The SMILES string of the molecule is CCOC(=O)c1c[nH]c(-c2cccc(Cl)c2)c1. The lowest BCUT2D eigenvalue weighted by atomic mass is 10.1. The molecule has 2 rings (SSSR count). The summed E-state index contributed by atoms with van der Waals surface area (Å²) in [6, 6.07) is 9.18. The molecule has 1 aromatic heterocycles. The summed E-state index contributed by atoms with van der Waals surface area (Å²) in [7, 11) is 0. The number of rotatable bonds is 3. The van der Waals surface area contributed by atoms with Crippen molar-refractivity contribution in [2.24, 2.45) is 0 Å². The van der Waals surface area contributed by atoms with Crippen LogP contribution in [-0.2, 0) is 4.74 Å². The highest BCUT2D eigenvalue weighted by Crippen LogP contribution is 2.22. The molecule has 0 aliphatic rings. The number of ether oxygens (including phenoxy) is 1. The normalized spacial score (nSPS) is 10.2. The Morgan fingerprint density at radius 2 is 2.24 bits per heavy atom. The molecule has 17 heavy (non-hydrogen) atoms. The predicted octanol–water partition coefficient (Wildman–Crippen LogP) is 3.51. The lowest BCUT2D eigenvalue weighted by Gasteiger charge is -1.98. The minimum Gasteiger partial charge on any atom is -0.462 e. The van der Waals surface area contributed by atoms with Crippen LogP contribution in [-0.4, -0.2) is 17.6 Å². The van der Waals surface area contributed by atoms with E-state index < -0.39 is 0 Å². The first kappa shape index (κ1) is 11.7. The number of carbonyl (C=O) groups excluding carboxylic acids is 1. The van der Waals surface area contributed by atoms with Crippen molar-refractivity contribution in [2.45, 2.75) is 6.92 Å². The zero-order valence-corrected chi connectivity index (χ0v) is 10.1. The van der Waals surface area contributed by atoms with Gasteiger partial charge in [0.05, 0.1) is 12.2 Å². The molecule has 1 aromatic carbocycles. The Morgan fingerprint density at radius 3 is 2.94 bits per heavy atom. The fourth-order valence-electron chi connectivity index (χ4n) is 1.55. The van der Waals surface area contributed by atoms with Crippen molar-refractivity contribution in [3.63, 3.8) is 0 Å². The van der Waals surface area contributed by atoms with Crippen molar-refractivity contribution in [3.8, 4) is 11.3 Å². The van der Waals surface area contributed by atoms with Gasteiger partial charge in [-0.05, 0) is 30.7 Å². The first-order valence-electron chi connectivity index (χ1n) is 5.32. The summed E-state index contributed by atoms with van der Waals surface area (Å²) in [6.45, 7) is 2.15. The van der Waals surface area contributed by atoms with Gasteiger partial charge in [0, 0.05) is 16.9 Å². The van der Waals surface area contributed by atoms with Gasteiger partial charge < -0.3 is 9.72 Å². The Balaban J connectivity index is 2.27. The first-order valence-corrected chi connectivity index (χ1v) is 5.70. The predicted molar refractivity (Wildman–Crippen MR) is 67.2 cm³/mol. The number of esters is 1. The number of hydrogen-bond donors (Lipinski definition) is 1. The molecule has 0 fully saturated rings. The van der Waals surface area contributed by atoms with Crippen LogP contribution in [0.3, 0.4) is 0 Å². The maximum Gasteiger partial charge on any atom is 0.339 e. The van der Waals surface area contributed by atoms with E-state index >= 15 is 0 Å². The van der Waals surface area contributed by atoms with Gasteiger partial charge in [-0.2, -0.15) is 0 Å². The van der Waals surface area contributed by atoms with Crippen LogP contribution < -0.4 is 0 Å². The monoisotopic (exact) mass is 249 g/mol. The highest BCUT2D eigenvalue weighted by molar-refractivity contribution is 6.30. The molecule has 0 amide bonds. The standard InChI is InChI=1S/C13H12ClNO2/c1-2-17-13(16)10-7-12(15-8-10)9-4-3-5-11(14)6-9/h3-8,15H,2H2,1H3. The zero-order chi connectivity index (χ0) is 12.3. The minimum absolute atomic E-state index is 0.322. The molecular weight excluding hydrogens is 238 g/mol. The highest BCUT2D eigenvalue weighted by Gasteiger charge is 2.09. The van der Waals surface area contributed by atoms with Crippen LogP contribution in [0.25, 0.3) is 11.3 Å². The van der Waals surface area contributed by atoms with Crippen LogP contribution >= 0.6 is 11.6 Å². The third-order valence-electron chi connectivity index (χ3n) is 2.33. The Morgan fingerprint density at radius 1 is 1.41 bits per heavy atom. The molecule has 1 heterocycles. The van der Waals surface area contributed by atoms with Gasteiger partial charge >= 0.3 is 5.97 Å². The Kier molecular flexibility index (Phi) is 3.49. The fourth-order valence-corrected chi connectivity index (χ4v) is 1.74. The number of nitrogens with one attached hydrogen (secondary N) is 1. The second kappa shape index (κ2) is 5.06. The summed E-state index contributed by atoms with van der Waals surface area (Å²) >= 11 is 5.91. The molecule has 0 saturated carbocycles. The number of carbonyl (C=O) groups is 1. The Labute approximate surface area is 104 Å². The van der Waals surface area contributed by atoms with Crippen LogP contribution in [0.15, 0.2) is 36.5 Å². The molecule has 2 aromatic rings. The van der Waals surface area contributed by atoms with E-state index in [-0.39, 0.29) is 5.97 Å². The summed E-state index contributed by atoms with van der Waals surface area (Å²) < 4.78 is 4.92. The summed E-state index contributed by atoms with van der Waals surface area (Å²) in [5.74, 6) is -0.322. The van der Waals surface area contributed by atoms with Crippen molar-refractivity contribution in [1.29, 1.82) is 0 Å². The van der Waals surface area contributed by atoms with Gasteiger partial charge in [0.15, 0.2) is 0 Å². The molecule has 1 N–H and O–H groups in total. The molecule has 0 aliphatic heterocycles.